The van der Waals surface area contributed by atoms with E-state index in [1.165, 1.54) is 5.39 Å². The van der Waals surface area contributed by atoms with E-state index in [9.17, 15) is 4.79 Å². The summed E-state index contributed by atoms with van der Waals surface area (Å²) in [7, 11) is 0. The van der Waals surface area contributed by atoms with E-state index in [0.29, 0.717) is 19.5 Å². The number of nitrogens with one attached hydrogen (secondary N) is 2. The zero-order chi connectivity index (χ0) is 19.3. The van der Waals surface area contributed by atoms with Gasteiger partial charge in [0, 0.05) is 6.42 Å². The SMILES string of the molecule is NCCCNCCCC(NCCCN)C(=O)Cc1cccc2ccccc12. The minimum absolute atomic E-state index is 0.119. The molecule has 0 aromatic heterocycles. The smallest absolute Gasteiger partial charge is 0.154 e. The van der Waals surface area contributed by atoms with Gasteiger partial charge >= 0.3 is 0 Å². The molecule has 0 saturated carbocycles. The fourth-order valence-corrected chi connectivity index (χ4v) is 3.30. The zero-order valence-corrected chi connectivity index (χ0v) is 16.3. The maximum absolute atomic E-state index is 13.0. The second-order valence-electron chi connectivity index (χ2n) is 6.96. The van der Waals surface area contributed by atoms with Crippen molar-refractivity contribution in [1.82, 2.24) is 10.6 Å². The van der Waals surface area contributed by atoms with Gasteiger partial charge in [-0.2, -0.15) is 0 Å². The van der Waals surface area contributed by atoms with Gasteiger partial charge in [0.2, 0.25) is 0 Å². The van der Waals surface area contributed by atoms with E-state index in [1.807, 2.05) is 18.2 Å². The Kier molecular flexibility index (Phi) is 10.0. The highest BCUT2D eigenvalue weighted by atomic mass is 16.1. The lowest BCUT2D eigenvalue weighted by atomic mass is 9.96. The summed E-state index contributed by atoms with van der Waals surface area (Å²) in [5, 5.41) is 9.14. The van der Waals surface area contributed by atoms with Crippen molar-refractivity contribution >= 4 is 16.6 Å². The number of benzene rings is 2. The summed E-state index contributed by atoms with van der Waals surface area (Å²) in [6.07, 6.45) is 4.13. The Morgan fingerprint density at radius 1 is 0.889 bits per heavy atom. The first kappa shape index (κ1) is 21.5. The quantitative estimate of drug-likeness (QED) is 0.382. The van der Waals surface area contributed by atoms with Gasteiger partial charge in [-0.3, -0.25) is 4.79 Å². The summed E-state index contributed by atoms with van der Waals surface area (Å²) in [6.45, 7) is 3.98. The number of hydrogen-bond donors (Lipinski definition) is 4. The number of rotatable bonds is 14. The standard InChI is InChI=1S/C22H34N4O/c23-12-5-15-25-14-4-11-21(26-16-6-13-24)22(27)17-19-9-3-8-18-7-1-2-10-20(18)19/h1-3,7-10,21,25-26H,4-6,11-17,23-24H2. The molecule has 0 aliphatic carbocycles. The van der Waals surface area contributed by atoms with Gasteiger partial charge in [-0.05, 0) is 74.7 Å². The van der Waals surface area contributed by atoms with E-state index in [2.05, 4.69) is 34.9 Å². The largest absolute Gasteiger partial charge is 0.330 e. The van der Waals surface area contributed by atoms with Gasteiger partial charge in [-0.15, -0.1) is 0 Å². The highest BCUT2D eigenvalue weighted by Crippen LogP contribution is 2.19. The van der Waals surface area contributed by atoms with Crippen LogP contribution < -0.4 is 22.1 Å². The molecule has 0 aliphatic rings. The molecule has 1 atom stereocenters. The summed E-state index contributed by atoms with van der Waals surface area (Å²) in [5.74, 6) is 0.255. The molecule has 2 aromatic carbocycles. The summed E-state index contributed by atoms with van der Waals surface area (Å²) < 4.78 is 0. The number of Topliss-reactive ketones (excluding diaryl/α,β-unsaturated/α-hetero) is 1. The average Bonchev–Trinajstić information content (AvgIpc) is 2.69. The summed E-state index contributed by atoms with van der Waals surface area (Å²) in [4.78, 5) is 13.0. The van der Waals surface area contributed by atoms with Crippen LogP contribution in [-0.4, -0.2) is 44.5 Å². The number of hydrogen-bond acceptors (Lipinski definition) is 5. The zero-order valence-electron chi connectivity index (χ0n) is 16.3. The van der Waals surface area contributed by atoms with Crippen LogP contribution in [0.1, 0.15) is 31.2 Å². The molecule has 0 heterocycles. The van der Waals surface area contributed by atoms with Gasteiger partial charge < -0.3 is 22.1 Å². The predicted octanol–water partition coefficient (Wildman–Crippen LogP) is 1.98. The molecule has 0 radical (unpaired) electrons. The molecule has 6 N–H and O–H groups in total. The molecular formula is C22H34N4O. The number of nitrogens with two attached hydrogens (primary N) is 2. The van der Waals surface area contributed by atoms with Crippen LogP contribution in [-0.2, 0) is 11.2 Å². The molecule has 0 aliphatic heterocycles. The molecule has 0 saturated heterocycles. The predicted molar refractivity (Wildman–Crippen MR) is 114 cm³/mol. The van der Waals surface area contributed by atoms with Crippen LogP contribution in [0.15, 0.2) is 42.5 Å². The fourth-order valence-electron chi connectivity index (χ4n) is 3.30. The van der Waals surface area contributed by atoms with Crippen molar-refractivity contribution in [3.05, 3.63) is 48.0 Å². The van der Waals surface area contributed by atoms with E-state index in [0.717, 1.165) is 56.3 Å². The van der Waals surface area contributed by atoms with Gasteiger partial charge in [0.1, 0.15) is 0 Å². The van der Waals surface area contributed by atoms with Gasteiger partial charge in [0.25, 0.3) is 0 Å². The molecule has 2 aromatic rings. The molecule has 0 fully saturated rings. The van der Waals surface area contributed by atoms with Crippen molar-refractivity contribution in [3.8, 4) is 0 Å². The van der Waals surface area contributed by atoms with Crippen LogP contribution in [0.4, 0.5) is 0 Å². The lowest BCUT2D eigenvalue weighted by molar-refractivity contribution is -0.120. The highest BCUT2D eigenvalue weighted by molar-refractivity contribution is 5.92. The van der Waals surface area contributed by atoms with Crippen molar-refractivity contribution in [3.63, 3.8) is 0 Å². The molecule has 27 heavy (non-hydrogen) atoms. The maximum Gasteiger partial charge on any atom is 0.154 e. The Bertz CT molecular complexity index is 684. The third kappa shape index (κ3) is 7.39. The Morgan fingerprint density at radius 3 is 2.41 bits per heavy atom. The molecule has 5 heteroatoms. The minimum atomic E-state index is -0.119. The Hall–Kier alpha value is -1.79. The van der Waals surface area contributed by atoms with Gasteiger partial charge in [-0.25, -0.2) is 0 Å². The third-order valence-corrected chi connectivity index (χ3v) is 4.81. The van der Waals surface area contributed by atoms with Crippen LogP contribution >= 0.6 is 0 Å². The van der Waals surface area contributed by atoms with Gasteiger partial charge in [-0.1, -0.05) is 42.5 Å². The van der Waals surface area contributed by atoms with Crippen molar-refractivity contribution in [2.75, 3.05) is 32.7 Å². The number of carbonyl (C=O) groups is 1. The monoisotopic (exact) mass is 370 g/mol. The first-order chi connectivity index (χ1) is 13.3. The highest BCUT2D eigenvalue weighted by Gasteiger charge is 2.18. The summed E-state index contributed by atoms with van der Waals surface area (Å²) >= 11 is 0. The maximum atomic E-state index is 13.0. The molecule has 2 rings (SSSR count). The van der Waals surface area contributed by atoms with E-state index in [1.54, 1.807) is 0 Å². The Balaban J connectivity index is 1.95. The lowest BCUT2D eigenvalue weighted by Crippen LogP contribution is -2.39. The minimum Gasteiger partial charge on any atom is -0.330 e. The van der Waals surface area contributed by atoms with Gasteiger partial charge in [0.05, 0.1) is 6.04 Å². The van der Waals surface area contributed by atoms with Crippen LogP contribution in [0.5, 0.6) is 0 Å². The van der Waals surface area contributed by atoms with Crippen LogP contribution in [0.3, 0.4) is 0 Å². The van der Waals surface area contributed by atoms with Crippen LogP contribution in [0.25, 0.3) is 10.8 Å². The second kappa shape index (κ2) is 12.6. The molecule has 148 valence electrons. The third-order valence-electron chi connectivity index (χ3n) is 4.81. The number of fused-ring (bicyclic) bond motifs is 1. The second-order valence-corrected chi connectivity index (χ2v) is 6.96. The molecule has 0 bridgehead atoms. The van der Waals surface area contributed by atoms with Crippen LogP contribution in [0, 0.1) is 0 Å². The molecule has 1 unspecified atom stereocenters. The summed E-state index contributed by atoms with van der Waals surface area (Å²) in [5.41, 5.74) is 12.2. The van der Waals surface area contributed by atoms with Crippen molar-refractivity contribution < 1.29 is 4.79 Å². The summed E-state index contributed by atoms with van der Waals surface area (Å²) in [6, 6.07) is 14.3. The number of carbonyl (C=O) groups excluding carboxylic acids is 1. The van der Waals surface area contributed by atoms with E-state index in [-0.39, 0.29) is 11.8 Å². The number of ketones is 1. The van der Waals surface area contributed by atoms with E-state index in [4.69, 9.17) is 11.5 Å². The van der Waals surface area contributed by atoms with E-state index >= 15 is 0 Å². The van der Waals surface area contributed by atoms with Crippen LogP contribution in [0.2, 0.25) is 0 Å². The van der Waals surface area contributed by atoms with Crippen molar-refractivity contribution in [1.29, 1.82) is 0 Å². The molecule has 0 spiro atoms. The van der Waals surface area contributed by atoms with Crippen molar-refractivity contribution in [2.24, 2.45) is 11.5 Å². The lowest BCUT2D eigenvalue weighted by Gasteiger charge is -2.18. The normalized spacial score (nSPS) is 12.4. The fraction of sp³-hybridized carbons (Fsp3) is 0.500. The Morgan fingerprint density at radius 2 is 1.59 bits per heavy atom. The van der Waals surface area contributed by atoms with Crippen molar-refractivity contribution in [2.45, 2.75) is 38.1 Å². The van der Waals surface area contributed by atoms with Gasteiger partial charge in [0.15, 0.2) is 5.78 Å². The Labute approximate surface area is 162 Å². The molecule has 5 nitrogen and oxygen atoms in total. The first-order valence-corrected chi connectivity index (χ1v) is 10.1. The molecular weight excluding hydrogens is 336 g/mol. The molecule has 0 amide bonds. The average molecular weight is 371 g/mol. The van der Waals surface area contributed by atoms with E-state index < -0.39 is 0 Å². The topological polar surface area (TPSA) is 93.2 Å². The first-order valence-electron chi connectivity index (χ1n) is 10.1.